The molecule has 0 fully saturated rings. The Balaban J connectivity index is 4.32. The van der Waals surface area contributed by atoms with Gasteiger partial charge in [-0.3, -0.25) is 9.59 Å². The highest BCUT2D eigenvalue weighted by Crippen LogP contribution is 2.12. The monoisotopic (exact) mass is 510 g/mol. The summed E-state index contributed by atoms with van der Waals surface area (Å²) >= 11 is 0. The molecule has 0 aromatic heterocycles. The molecule has 2 amide bonds. The zero-order chi connectivity index (χ0) is 26.7. The second-order valence-corrected chi connectivity index (χ2v) is 9.46. The van der Waals surface area contributed by atoms with E-state index < -0.39 is 12.1 Å². The molecule has 0 heterocycles. The third-order valence-electron chi connectivity index (χ3n) is 5.97. The van der Waals surface area contributed by atoms with E-state index >= 15 is 0 Å². The summed E-state index contributed by atoms with van der Waals surface area (Å²) < 4.78 is 0. The quantitative estimate of drug-likeness (QED) is 0.0610. The van der Waals surface area contributed by atoms with Crippen LogP contribution in [0.3, 0.4) is 0 Å². The first-order valence-corrected chi connectivity index (χ1v) is 14.3. The van der Waals surface area contributed by atoms with E-state index in [-0.39, 0.29) is 18.4 Å². The lowest BCUT2D eigenvalue weighted by Crippen LogP contribution is -2.43. The van der Waals surface area contributed by atoms with Gasteiger partial charge in [0, 0.05) is 19.5 Å². The van der Waals surface area contributed by atoms with Gasteiger partial charge >= 0.3 is 0 Å². The van der Waals surface area contributed by atoms with Crippen LogP contribution in [0.5, 0.6) is 0 Å². The van der Waals surface area contributed by atoms with Gasteiger partial charge < -0.3 is 26.3 Å². The minimum Gasteiger partial charge on any atom is -0.386 e. The SMILES string of the molecule is CCCCCCCCCCCCC/C=C/[C@@H](O)[C@@H](/C=N\OCC(=O)NCCN)NC(=O)CCCCC. The van der Waals surface area contributed by atoms with Crippen LogP contribution in [0.25, 0.3) is 0 Å². The number of aliphatic hydroxyl groups excluding tert-OH is 1. The molecule has 0 aliphatic rings. The number of hydrogen-bond donors (Lipinski definition) is 4. The molecule has 0 aromatic rings. The third-order valence-corrected chi connectivity index (χ3v) is 5.97. The second kappa shape index (κ2) is 26.1. The van der Waals surface area contributed by atoms with Crippen LogP contribution in [0.15, 0.2) is 17.3 Å². The maximum atomic E-state index is 12.3. The highest BCUT2D eigenvalue weighted by Gasteiger charge is 2.17. The molecule has 210 valence electrons. The number of oxime groups is 1. The van der Waals surface area contributed by atoms with Crippen LogP contribution >= 0.6 is 0 Å². The van der Waals surface area contributed by atoms with Crippen LogP contribution in [-0.4, -0.2) is 55.0 Å². The predicted octanol–water partition coefficient (Wildman–Crippen LogP) is 4.75. The van der Waals surface area contributed by atoms with Crippen LogP contribution < -0.4 is 16.4 Å². The van der Waals surface area contributed by atoms with Gasteiger partial charge in [-0.15, -0.1) is 0 Å². The minimum absolute atomic E-state index is 0.140. The van der Waals surface area contributed by atoms with E-state index in [0.717, 1.165) is 32.1 Å². The van der Waals surface area contributed by atoms with Gasteiger partial charge in [-0.2, -0.15) is 0 Å². The smallest absolute Gasteiger partial charge is 0.260 e. The summed E-state index contributed by atoms with van der Waals surface area (Å²) in [6.07, 6.45) is 22.5. The van der Waals surface area contributed by atoms with Gasteiger partial charge in [-0.25, -0.2) is 0 Å². The first kappa shape index (κ1) is 34.1. The van der Waals surface area contributed by atoms with Crippen molar-refractivity contribution < 1.29 is 19.5 Å². The van der Waals surface area contributed by atoms with E-state index in [1.54, 1.807) is 6.08 Å². The number of aliphatic hydroxyl groups is 1. The topological polar surface area (TPSA) is 126 Å². The number of unbranched alkanes of at least 4 members (excludes halogenated alkanes) is 13. The molecule has 8 heteroatoms. The van der Waals surface area contributed by atoms with E-state index in [2.05, 4.69) is 29.6 Å². The predicted molar refractivity (Wildman–Crippen MR) is 149 cm³/mol. The zero-order valence-electron chi connectivity index (χ0n) is 23.0. The van der Waals surface area contributed by atoms with Gasteiger partial charge in [0.05, 0.1) is 18.4 Å². The largest absolute Gasteiger partial charge is 0.386 e. The number of nitrogens with two attached hydrogens (primary N) is 1. The summed E-state index contributed by atoms with van der Waals surface area (Å²) in [4.78, 5) is 28.8. The highest BCUT2D eigenvalue weighted by molar-refractivity contribution is 5.81. The molecule has 0 spiro atoms. The fourth-order valence-electron chi connectivity index (χ4n) is 3.75. The standard InChI is InChI=1S/C28H54N4O4/c1-3-5-7-8-9-10-11-12-13-14-15-16-18-19-26(33)25(32-27(34)20-17-6-4-2)23-31-36-24-28(35)30-22-21-29/h18-19,23,25-26,33H,3-17,20-22,24,29H2,1-2H3,(H,30,35)(H,32,34)/b19-18+,31-23-/t25-,26-/m1/s1. The fourth-order valence-corrected chi connectivity index (χ4v) is 3.75. The summed E-state index contributed by atoms with van der Waals surface area (Å²) in [7, 11) is 0. The average molecular weight is 511 g/mol. The van der Waals surface area contributed by atoms with E-state index in [4.69, 9.17) is 10.6 Å². The lowest BCUT2D eigenvalue weighted by molar-refractivity contribution is -0.125. The Labute approximate surface area is 219 Å². The van der Waals surface area contributed by atoms with Gasteiger partial charge in [0.1, 0.15) is 0 Å². The maximum Gasteiger partial charge on any atom is 0.260 e. The Kier molecular flexibility index (Phi) is 24.7. The number of nitrogens with one attached hydrogen (secondary N) is 2. The Morgan fingerprint density at radius 1 is 0.889 bits per heavy atom. The molecule has 5 N–H and O–H groups in total. The van der Waals surface area contributed by atoms with Crippen molar-refractivity contribution in [1.82, 2.24) is 10.6 Å². The molecule has 0 saturated heterocycles. The van der Waals surface area contributed by atoms with Gasteiger partial charge in [0.25, 0.3) is 5.91 Å². The number of allylic oxidation sites excluding steroid dienone is 1. The Morgan fingerprint density at radius 3 is 2.08 bits per heavy atom. The molecule has 0 unspecified atom stereocenters. The number of amides is 2. The zero-order valence-corrected chi connectivity index (χ0v) is 23.0. The summed E-state index contributed by atoms with van der Waals surface area (Å²) in [5, 5.41) is 19.8. The first-order valence-electron chi connectivity index (χ1n) is 14.3. The van der Waals surface area contributed by atoms with Crippen molar-refractivity contribution in [2.75, 3.05) is 19.7 Å². The van der Waals surface area contributed by atoms with Crippen molar-refractivity contribution in [2.45, 2.75) is 129 Å². The van der Waals surface area contributed by atoms with Gasteiger partial charge in [0.15, 0.2) is 6.61 Å². The summed E-state index contributed by atoms with van der Waals surface area (Å²) in [5.41, 5.74) is 5.34. The third kappa shape index (κ3) is 22.5. The molecule has 0 bridgehead atoms. The molecule has 0 aliphatic carbocycles. The lowest BCUT2D eigenvalue weighted by Gasteiger charge is -2.18. The molecule has 8 nitrogen and oxygen atoms in total. The van der Waals surface area contributed by atoms with Crippen molar-refractivity contribution in [3.05, 3.63) is 12.2 Å². The first-order chi connectivity index (χ1) is 17.5. The second-order valence-electron chi connectivity index (χ2n) is 9.46. The molecule has 0 rings (SSSR count). The van der Waals surface area contributed by atoms with Crippen LogP contribution in [0.4, 0.5) is 0 Å². The minimum atomic E-state index is -0.925. The highest BCUT2D eigenvalue weighted by atomic mass is 16.6. The number of carbonyl (C=O) groups excluding carboxylic acids is 2. The lowest BCUT2D eigenvalue weighted by atomic mass is 10.0. The van der Waals surface area contributed by atoms with Crippen LogP contribution in [0.1, 0.15) is 117 Å². The van der Waals surface area contributed by atoms with Crippen LogP contribution in [0, 0.1) is 0 Å². The van der Waals surface area contributed by atoms with Crippen molar-refractivity contribution >= 4 is 18.0 Å². The maximum absolute atomic E-state index is 12.3. The molecular formula is C28H54N4O4. The number of hydrogen-bond acceptors (Lipinski definition) is 6. The Bertz CT molecular complexity index is 584. The molecule has 0 aromatic carbocycles. The fraction of sp³-hybridized carbons (Fsp3) is 0.821. The van der Waals surface area contributed by atoms with E-state index in [0.29, 0.717) is 19.5 Å². The molecule has 36 heavy (non-hydrogen) atoms. The van der Waals surface area contributed by atoms with Crippen molar-refractivity contribution in [3.8, 4) is 0 Å². The molecule has 0 radical (unpaired) electrons. The van der Waals surface area contributed by atoms with Gasteiger partial charge in [-0.05, 0) is 19.3 Å². The van der Waals surface area contributed by atoms with Crippen molar-refractivity contribution in [2.24, 2.45) is 10.9 Å². The van der Waals surface area contributed by atoms with Crippen LogP contribution in [0.2, 0.25) is 0 Å². The molecule has 0 aliphatic heterocycles. The average Bonchev–Trinajstić information content (AvgIpc) is 2.87. The Hall–Kier alpha value is -1.93. The van der Waals surface area contributed by atoms with E-state index in [9.17, 15) is 14.7 Å². The molecule has 2 atom stereocenters. The molecule has 0 saturated carbocycles. The van der Waals surface area contributed by atoms with Crippen molar-refractivity contribution in [3.63, 3.8) is 0 Å². The van der Waals surface area contributed by atoms with E-state index in [1.807, 2.05) is 6.08 Å². The van der Waals surface area contributed by atoms with Gasteiger partial charge in [-0.1, -0.05) is 108 Å². The summed E-state index contributed by atoms with van der Waals surface area (Å²) in [6, 6.07) is -0.722. The number of rotatable bonds is 25. The molecular weight excluding hydrogens is 456 g/mol. The van der Waals surface area contributed by atoms with E-state index in [1.165, 1.54) is 70.4 Å². The summed E-state index contributed by atoms with van der Waals surface area (Å²) in [6.45, 7) is 4.79. The Morgan fingerprint density at radius 2 is 1.47 bits per heavy atom. The van der Waals surface area contributed by atoms with Crippen molar-refractivity contribution in [1.29, 1.82) is 0 Å². The normalized spacial score (nSPS) is 13.2. The van der Waals surface area contributed by atoms with Crippen LogP contribution in [-0.2, 0) is 14.4 Å². The van der Waals surface area contributed by atoms with Gasteiger partial charge in [0.2, 0.25) is 5.91 Å². The summed E-state index contributed by atoms with van der Waals surface area (Å²) in [5.74, 6) is -0.469. The number of carbonyl (C=O) groups is 2. The number of nitrogens with zero attached hydrogens (tertiary/aromatic N) is 1.